The molecule has 1 aromatic heterocycles. The van der Waals surface area contributed by atoms with Crippen molar-refractivity contribution in [3.63, 3.8) is 0 Å². The lowest BCUT2D eigenvalue weighted by atomic mass is 10.2. The van der Waals surface area contributed by atoms with Crippen LogP contribution in [-0.4, -0.2) is 65.5 Å². The number of β-amino-alcohol motifs (C(OH)–C–C–N with tert-alkyl or cyclic N) is 1. The summed E-state index contributed by atoms with van der Waals surface area (Å²) in [7, 11) is 0. The second kappa shape index (κ2) is 8.12. The summed E-state index contributed by atoms with van der Waals surface area (Å²) in [4.78, 5) is 27.2. The van der Waals surface area contributed by atoms with Crippen LogP contribution in [0.3, 0.4) is 0 Å². The molecular formula is C16H25N3O4. The Kier molecular flexibility index (Phi) is 6.18. The summed E-state index contributed by atoms with van der Waals surface area (Å²) in [5.41, 5.74) is 0. The molecule has 1 aliphatic heterocycles. The van der Waals surface area contributed by atoms with Crippen LogP contribution < -0.4 is 5.32 Å². The van der Waals surface area contributed by atoms with Gasteiger partial charge in [-0.3, -0.25) is 14.5 Å². The third-order valence-corrected chi connectivity index (χ3v) is 3.98. The van der Waals surface area contributed by atoms with Crippen molar-refractivity contribution < 1.29 is 19.1 Å². The summed E-state index contributed by atoms with van der Waals surface area (Å²) in [6, 6.07) is 3.35. The van der Waals surface area contributed by atoms with Crippen molar-refractivity contribution in [1.82, 2.24) is 15.1 Å². The molecule has 0 spiro atoms. The highest BCUT2D eigenvalue weighted by Crippen LogP contribution is 2.13. The van der Waals surface area contributed by atoms with E-state index in [9.17, 15) is 14.7 Å². The Bertz CT molecular complexity index is 535. The number of aliphatic hydroxyl groups excluding tert-OH is 1. The van der Waals surface area contributed by atoms with Gasteiger partial charge in [-0.1, -0.05) is 6.92 Å². The minimum absolute atomic E-state index is 0.130. The van der Waals surface area contributed by atoms with Crippen LogP contribution in [0.2, 0.25) is 0 Å². The quantitative estimate of drug-likeness (QED) is 0.793. The molecule has 7 heteroatoms. The minimum Gasteiger partial charge on any atom is -0.454 e. The SMILES string of the molecule is CCC(O)CN1CCN(C(=O)c2ccc(CNC(C)=O)o2)CC1. The largest absolute Gasteiger partial charge is 0.454 e. The highest BCUT2D eigenvalue weighted by Gasteiger charge is 2.24. The number of carbonyl (C=O) groups excluding carboxylic acids is 2. The molecule has 2 amide bonds. The van der Waals surface area contributed by atoms with E-state index in [4.69, 9.17) is 4.42 Å². The highest BCUT2D eigenvalue weighted by molar-refractivity contribution is 5.91. The Balaban J connectivity index is 1.84. The van der Waals surface area contributed by atoms with Gasteiger partial charge in [0.15, 0.2) is 5.76 Å². The molecule has 1 aromatic rings. The number of furan rings is 1. The van der Waals surface area contributed by atoms with E-state index in [1.165, 1.54) is 6.92 Å². The van der Waals surface area contributed by atoms with Crippen LogP contribution >= 0.6 is 0 Å². The van der Waals surface area contributed by atoms with E-state index in [0.717, 1.165) is 19.5 Å². The van der Waals surface area contributed by atoms with Crippen molar-refractivity contribution in [2.24, 2.45) is 0 Å². The number of nitrogens with one attached hydrogen (secondary N) is 1. The van der Waals surface area contributed by atoms with Gasteiger partial charge in [-0.25, -0.2) is 0 Å². The molecule has 2 heterocycles. The fourth-order valence-corrected chi connectivity index (χ4v) is 2.52. The number of nitrogens with zero attached hydrogens (tertiary/aromatic N) is 2. The number of carbonyl (C=O) groups is 2. The number of aliphatic hydroxyl groups is 1. The van der Waals surface area contributed by atoms with E-state index in [0.29, 0.717) is 31.2 Å². The summed E-state index contributed by atoms with van der Waals surface area (Å²) in [6.07, 6.45) is 0.432. The lowest BCUT2D eigenvalue weighted by Gasteiger charge is -2.35. The summed E-state index contributed by atoms with van der Waals surface area (Å²) < 4.78 is 5.50. The molecule has 23 heavy (non-hydrogen) atoms. The maximum atomic E-state index is 12.4. The molecule has 1 atom stereocenters. The van der Waals surface area contributed by atoms with Crippen LogP contribution in [-0.2, 0) is 11.3 Å². The van der Waals surface area contributed by atoms with E-state index in [1.807, 2.05) is 6.92 Å². The monoisotopic (exact) mass is 323 g/mol. The average molecular weight is 323 g/mol. The zero-order chi connectivity index (χ0) is 16.8. The van der Waals surface area contributed by atoms with Crippen molar-refractivity contribution >= 4 is 11.8 Å². The molecule has 1 fully saturated rings. The highest BCUT2D eigenvalue weighted by atomic mass is 16.4. The fraction of sp³-hybridized carbons (Fsp3) is 0.625. The fourth-order valence-electron chi connectivity index (χ4n) is 2.52. The molecule has 0 bridgehead atoms. The Morgan fingerprint density at radius 2 is 2.00 bits per heavy atom. The Morgan fingerprint density at radius 3 is 2.61 bits per heavy atom. The van der Waals surface area contributed by atoms with Gasteiger partial charge in [-0.15, -0.1) is 0 Å². The van der Waals surface area contributed by atoms with Crippen molar-refractivity contribution in [2.75, 3.05) is 32.7 Å². The number of hydrogen-bond donors (Lipinski definition) is 2. The molecule has 128 valence electrons. The average Bonchev–Trinajstić information content (AvgIpc) is 3.01. The van der Waals surface area contributed by atoms with E-state index in [-0.39, 0.29) is 24.5 Å². The van der Waals surface area contributed by atoms with Gasteiger partial charge in [0, 0.05) is 39.6 Å². The molecule has 1 saturated heterocycles. The third-order valence-electron chi connectivity index (χ3n) is 3.98. The molecule has 0 radical (unpaired) electrons. The smallest absolute Gasteiger partial charge is 0.289 e. The standard InChI is InChI=1S/C16H25N3O4/c1-3-13(21)11-18-6-8-19(9-7-18)16(22)15-5-4-14(23-15)10-17-12(2)20/h4-5,13,21H,3,6-11H2,1-2H3,(H,17,20). The number of rotatable bonds is 6. The van der Waals surface area contributed by atoms with Crippen molar-refractivity contribution in [3.05, 3.63) is 23.7 Å². The van der Waals surface area contributed by atoms with E-state index >= 15 is 0 Å². The van der Waals surface area contributed by atoms with Crippen LogP contribution in [0.5, 0.6) is 0 Å². The van der Waals surface area contributed by atoms with Gasteiger partial charge < -0.3 is 19.7 Å². The number of piperazine rings is 1. The van der Waals surface area contributed by atoms with E-state index in [2.05, 4.69) is 10.2 Å². The number of amides is 2. The molecule has 7 nitrogen and oxygen atoms in total. The van der Waals surface area contributed by atoms with E-state index < -0.39 is 0 Å². The molecule has 2 N–H and O–H groups in total. The molecule has 2 rings (SSSR count). The van der Waals surface area contributed by atoms with Crippen molar-refractivity contribution in [3.8, 4) is 0 Å². The predicted molar refractivity (Wildman–Crippen MR) is 84.9 cm³/mol. The summed E-state index contributed by atoms with van der Waals surface area (Å²) >= 11 is 0. The molecule has 1 unspecified atom stereocenters. The molecule has 0 aromatic carbocycles. The Morgan fingerprint density at radius 1 is 1.30 bits per heavy atom. The lowest BCUT2D eigenvalue weighted by Crippen LogP contribution is -2.50. The van der Waals surface area contributed by atoms with Gasteiger partial charge in [0.2, 0.25) is 5.91 Å². The summed E-state index contributed by atoms with van der Waals surface area (Å²) in [5.74, 6) is 0.593. The molecule has 0 saturated carbocycles. The first kappa shape index (κ1) is 17.5. The maximum absolute atomic E-state index is 12.4. The van der Waals surface area contributed by atoms with Gasteiger partial charge in [-0.05, 0) is 18.6 Å². The van der Waals surface area contributed by atoms with Gasteiger partial charge in [0.1, 0.15) is 5.76 Å². The second-order valence-corrected chi connectivity index (χ2v) is 5.83. The van der Waals surface area contributed by atoms with Crippen molar-refractivity contribution in [2.45, 2.75) is 32.9 Å². The Hall–Kier alpha value is -1.86. The first-order valence-electron chi connectivity index (χ1n) is 8.02. The Labute approximate surface area is 136 Å². The predicted octanol–water partition coefficient (Wildman–Crippen LogP) is 0.444. The van der Waals surface area contributed by atoms with Crippen LogP contribution in [0, 0.1) is 0 Å². The first-order chi connectivity index (χ1) is 11.0. The minimum atomic E-state index is -0.307. The lowest BCUT2D eigenvalue weighted by molar-refractivity contribution is -0.119. The molecule has 0 aliphatic carbocycles. The number of hydrogen-bond acceptors (Lipinski definition) is 5. The van der Waals surface area contributed by atoms with Crippen LogP contribution in [0.4, 0.5) is 0 Å². The first-order valence-corrected chi connectivity index (χ1v) is 8.02. The molecule has 1 aliphatic rings. The normalized spacial score (nSPS) is 17.1. The summed E-state index contributed by atoms with van der Waals surface area (Å²) in [5, 5.41) is 12.3. The van der Waals surface area contributed by atoms with Crippen LogP contribution in [0.1, 0.15) is 36.6 Å². The van der Waals surface area contributed by atoms with E-state index in [1.54, 1.807) is 17.0 Å². The zero-order valence-corrected chi connectivity index (χ0v) is 13.7. The van der Waals surface area contributed by atoms with Gasteiger partial charge in [0.05, 0.1) is 12.6 Å². The van der Waals surface area contributed by atoms with Gasteiger partial charge in [-0.2, -0.15) is 0 Å². The van der Waals surface area contributed by atoms with Crippen LogP contribution in [0.25, 0.3) is 0 Å². The third kappa shape index (κ3) is 5.07. The van der Waals surface area contributed by atoms with Gasteiger partial charge >= 0.3 is 0 Å². The topological polar surface area (TPSA) is 86.0 Å². The van der Waals surface area contributed by atoms with Crippen molar-refractivity contribution in [1.29, 1.82) is 0 Å². The van der Waals surface area contributed by atoms with Crippen LogP contribution in [0.15, 0.2) is 16.5 Å². The summed E-state index contributed by atoms with van der Waals surface area (Å²) in [6.45, 7) is 7.08. The zero-order valence-electron chi connectivity index (χ0n) is 13.7. The molecular weight excluding hydrogens is 298 g/mol. The second-order valence-electron chi connectivity index (χ2n) is 5.83. The maximum Gasteiger partial charge on any atom is 0.289 e. The van der Waals surface area contributed by atoms with Gasteiger partial charge in [0.25, 0.3) is 5.91 Å².